The van der Waals surface area contributed by atoms with Crippen molar-refractivity contribution in [3.05, 3.63) is 6.54 Å². The highest BCUT2D eigenvalue weighted by atomic mass is 16.1. The first-order valence-corrected chi connectivity index (χ1v) is 1.90. The van der Waals surface area contributed by atoms with E-state index in [2.05, 4.69) is 0 Å². The van der Waals surface area contributed by atoms with Crippen molar-refractivity contribution in [2.45, 2.75) is 0 Å². The zero-order valence-corrected chi connectivity index (χ0v) is 4.43. The number of amides is 1. The maximum absolute atomic E-state index is 9.82. The number of nitrogens with zero attached hydrogens (tertiary/aromatic N) is 1. The molecule has 0 saturated heterocycles. The van der Waals surface area contributed by atoms with Gasteiger partial charge in [0.1, 0.15) is 6.54 Å². The van der Waals surface area contributed by atoms with Gasteiger partial charge in [-0.05, 0) is 14.1 Å². The van der Waals surface area contributed by atoms with Crippen LogP contribution >= 0.6 is 0 Å². The molecule has 0 atom stereocenters. The third kappa shape index (κ3) is 5.43. The van der Waals surface area contributed by atoms with Gasteiger partial charge in [-0.15, -0.1) is 0 Å². The number of carbonyl (C=O) groups is 1. The van der Waals surface area contributed by atoms with Gasteiger partial charge in [-0.1, -0.05) is 0 Å². The largest absolute Gasteiger partial charge is 0.296 e. The highest BCUT2D eigenvalue weighted by molar-refractivity contribution is 5.81. The van der Waals surface area contributed by atoms with Gasteiger partial charge in [0.15, 0.2) is 0 Å². The molecule has 0 aliphatic rings. The van der Waals surface area contributed by atoms with Gasteiger partial charge in [0, 0.05) is 0 Å². The Kier molecular flexibility index (Phi) is 2.37. The van der Waals surface area contributed by atoms with Crippen molar-refractivity contribution < 1.29 is 4.79 Å². The number of nitrogens with one attached hydrogen (secondary N) is 1. The molecule has 1 N–H and O–H groups in total. The molecular weight excluding hydrogens is 92.1 g/mol. The van der Waals surface area contributed by atoms with Gasteiger partial charge in [0.25, 0.3) is 5.91 Å². The lowest BCUT2D eigenvalue weighted by atomic mass is 10.6. The van der Waals surface area contributed by atoms with E-state index in [4.69, 9.17) is 5.73 Å². The molecule has 0 bridgehead atoms. The van der Waals surface area contributed by atoms with E-state index in [0.29, 0.717) is 0 Å². The Balaban J connectivity index is 3.13. The summed E-state index contributed by atoms with van der Waals surface area (Å²) in [5.74, 6) is -0.662. The van der Waals surface area contributed by atoms with E-state index in [-0.39, 0.29) is 0 Å². The average molecular weight is 100 g/mol. The van der Waals surface area contributed by atoms with Crippen molar-refractivity contribution in [3.63, 3.8) is 0 Å². The smallest absolute Gasteiger partial charge is 0.257 e. The molecular formula is C4H8N2O. The molecule has 0 unspecified atom stereocenters. The van der Waals surface area contributed by atoms with Crippen LogP contribution in [0.25, 0.3) is 0 Å². The molecule has 3 nitrogen and oxygen atoms in total. The summed E-state index contributed by atoms with van der Waals surface area (Å²) in [6.45, 7) is 1.19. The zero-order chi connectivity index (χ0) is 5.86. The Morgan fingerprint density at radius 2 is 2.14 bits per heavy atom. The Labute approximate surface area is 43.1 Å². The van der Waals surface area contributed by atoms with Crippen LogP contribution < -0.4 is 5.73 Å². The van der Waals surface area contributed by atoms with Crippen LogP contribution in [0.1, 0.15) is 0 Å². The molecule has 40 valence electrons. The quantitative estimate of drug-likeness (QED) is 0.470. The number of likely N-dealkylation sites (N-methyl/N-ethyl adjacent to an activating group) is 1. The van der Waals surface area contributed by atoms with Crippen molar-refractivity contribution in [1.82, 2.24) is 10.6 Å². The molecule has 0 saturated carbocycles. The highest BCUT2D eigenvalue weighted by Crippen LogP contribution is 1.77. The second kappa shape index (κ2) is 2.58. The summed E-state index contributed by atoms with van der Waals surface area (Å²) in [4.78, 5) is 11.4. The first-order chi connectivity index (χ1) is 3.13. The normalized spacial score (nSPS) is 9.57. The molecule has 0 spiro atoms. The Morgan fingerprint density at radius 3 is 2.14 bits per heavy atom. The molecule has 0 heterocycles. The van der Waals surface area contributed by atoms with Crippen molar-refractivity contribution >= 4 is 5.91 Å². The lowest BCUT2D eigenvalue weighted by Gasteiger charge is -2.01. The molecule has 0 aliphatic heterocycles. The second-order valence-electron chi connectivity index (χ2n) is 1.46. The van der Waals surface area contributed by atoms with Gasteiger partial charge in [0.05, 0.1) is 0 Å². The van der Waals surface area contributed by atoms with Crippen LogP contribution in [0.4, 0.5) is 0 Å². The summed E-state index contributed by atoms with van der Waals surface area (Å²) in [5.41, 5.74) is 6.37. The van der Waals surface area contributed by atoms with Crippen LogP contribution in [0.3, 0.4) is 0 Å². The molecule has 3 heteroatoms. The molecule has 0 rings (SSSR count). The van der Waals surface area contributed by atoms with Crippen molar-refractivity contribution in [2.75, 3.05) is 14.1 Å². The summed E-state index contributed by atoms with van der Waals surface area (Å²) < 4.78 is 0. The van der Waals surface area contributed by atoms with Crippen LogP contribution in [-0.4, -0.2) is 24.9 Å². The fourth-order valence-corrected chi connectivity index (χ4v) is 0.235. The van der Waals surface area contributed by atoms with Crippen molar-refractivity contribution in [2.24, 2.45) is 0 Å². The molecule has 0 aliphatic carbocycles. The van der Waals surface area contributed by atoms with Gasteiger partial charge >= 0.3 is 0 Å². The predicted octanol–water partition coefficient (Wildman–Crippen LogP) is -0.481. The standard InChI is InChI=1S/C4H8N2O/c1-6(2)3-4(5)7/h3,5H,1-2H3. The first-order valence-electron chi connectivity index (χ1n) is 1.90. The van der Waals surface area contributed by atoms with E-state index in [1.807, 2.05) is 0 Å². The van der Waals surface area contributed by atoms with Crippen LogP contribution in [0.2, 0.25) is 0 Å². The third-order valence-electron chi connectivity index (χ3n) is 0.375. The summed E-state index contributed by atoms with van der Waals surface area (Å²) in [6.07, 6.45) is 0. The molecule has 1 amide bonds. The van der Waals surface area contributed by atoms with Gasteiger partial charge < -0.3 is 0 Å². The minimum atomic E-state index is -0.662. The molecule has 0 aromatic carbocycles. The van der Waals surface area contributed by atoms with Crippen LogP contribution in [-0.2, 0) is 4.79 Å². The summed E-state index contributed by atoms with van der Waals surface area (Å²) in [7, 11) is 3.40. The van der Waals surface area contributed by atoms with Crippen LogP contribution in [0.15, 0.2) is 0 Å². The summed E-state index contributed by atoms with van der Waals surface area (Å²) in [6, 6.07) is 0. The number of hydrogen-bond acceptors (Lipinski definition) is 2. The zero-order valence-electron chi connectivity index (χ0n) is 4.43. The van der Waals surface area contributed by atoms with E-state index in [0.717, 1.165) is 0 Å². The number of carbonyl (C=O) groups excluding carboxylic acids is 1. The monoisotopic (exact) mass is 100 g/mol. The Morgan fingerprint density at radius 1 is 1.71 bits per heavy atom. The average Bonchev–Trinajstić information content (AvgIpc) is 1.27. The van der Waals surface area contributed by atoms with Gasteiger partial charge in [-0.3, -0.25) is 15.4 Å². The maximum atomic E-state index is 9.82. The minimum absolute atomic E-state index is 0.662. The second-order valence-corrected chi connectivity index (χ2v) is 1.46. The maximum Gasteiger partial charge on any atom is 0.257 e. The first kappa shape index (κ1) is 6.43. The Hall–Kier alpha value is -0.570. The number of rotatable bonds is 2. The number of hydrogen-bond donors (Lipinski definition) is 0. The van der Waals surface area contributed by atoms with E-state index in [1.165, 1.54) is 11.4 Å². The molecule has 0 fully saturated rings. The van der Waals surface area contributed by atoms with Crippen LogP contribution in [0.5, 0.6) is 0 Å². The van der Waals surface area contributed by atoms with E-state index >= 15 is 0 Å². The summed E-state index contributed by atoms with van der Waals surface area (Å²) >= 11 is 0. The predicted molar refractivity (Wildman–Crippen MR) is 26.1 cm³/mol. The third-order valence-corrected chi connectivity index (χ3v) is 0.375. The molecule has 7 heavy (non-hydrogen) atoms. The fourth-order valence-electron chi connectivity index (χ4n) is 0.235. The van der Waals surface area contributed by atoms with Gasteiger partial charge in [-0.25, -0.2) is 0 Å². The fraction of sp³-hybridized carbons (Fsp3) is 0.500. The lowest BCUT2D eigenvalue weighted by Crippen LogP contribution is -2.15. The summed E-state index contributed by atoms with van der Waals surface area (Å²) in [5, 5.41) is 0. The molecule has 0 aromatic rings. The minimum Gasteiger partial charge on any atom is -0.296 e. The van der Waals surface area contributed by atoms with E-state index in [1.54, 1.807) is 14.1 Å². The van der Waals surface area contributed by atoms with Crippen molar-refractivity contribution in [1.29, 1.82) is 0 Å². The van der Waals surface area contributed by atoms with Gasteiger partial charge in [0.2, 0.25) is 0 Å². The highest BCUT2D eigenvalue weighted by Gasteiger charge is 1.94. The van der Waals surface area contributed by atoms with Crippen molar-refractivity contribution in [3.8, 4) is 0 Å². The molecule has 2 radical (unpaired) electrons. The van der Waals surface area contributed by atoms with E-state index < -0.39 is 5.91 Å². The van der Waals surface area contributed by atoms with Gasteiger partial charge in [-0.2, -0.15) is 0 Å². The molecule has 0 aromatic heterocycles. The topological polar surface area (TPSA) is 44.1 Å². The lowest BCUT2D eigenvalue weighted by molar-refractivity contribution is -0.116. The Bertz CT molecular complexity index is 70.1. The van der Waals surface area contributed by atoms with E-state index in [9.17, 15) is 4.79 Å². The van der Waals surface area contributed by atoms with Crippen LogP contribution in [0, 0.1) is 6.54 Å². The SMILES string of the molecule is CN(C)[CH]C([NH])=O.